The second-order valence-electron chi connectivity index (χ2n) is 1.75. The average molecular weight is 174 g/mol. The summed E-state index contributed by atoms with van der Waals surface area (Å²) in [6.45, 7) is 0. The Morgan fingerprint density at radius 3 is 2.45 bits per heavy atom. The van der Waals surface area contributed by atoms with E-state index < -0.39 is 8.25 Å². The number of hydrogen-bond donors (Lipinski definition) is 1. The zero-order valence-electron chi connectivity index (χ0n) is 5.56. The van der Waals surface area contributed by atoms with Gasteiger partial charge in [-0.3, -0.25) is 4.57 Å². The Balaban J connectivity index is 2.45. The Morgan fingerprint density at radius 2 is 1.91 bits per heavy atom. The highest BCUT2D eigenvalue weighted by atomic mass is 31.1. The number of benzene rings is 1. The molecule has 5 heteroatoms. The van der Waals surface area contributed by atoms with Crippen molar-refractivity contribution in [2.45, 2.75) is 0 Å². The molecule has 1 atom stereocenters. The standard InChI is InChI=1S/C6H7O4P/c7-11(8)10-9-6-4-2-1-3-5-6/h1-5,11H,(H,7,8). The lowest BCUT2D eigenvalue weighted by Crippen LogP contribution is -1.87. The lowest BCUT2D eigenvalue weighted by Gasteiger charge is -1.99. The Bertz CT molecular complexity index is 236. The fourth-order valence-corrected chi connectivity index (χ4v) is 0.727. The molecule has 0 aliphatic carbocycles. The van der Waals surface area contributed by atoms with Crippen LogP contribution in [0.1, 0.15) is 0 Å². The SMILES string of the molecule is O=[PH](O)OOc1ccccc1. The van der Waals surface area contributed by atoms with Gasteiger partial charge in [-0.05, 0) is 12.1 Å². The Kier molecular flexibility index (Phi) is 3.11. The first-order chi connectivity index (χ1) is 5.29. The number of rotatable bonds is 3. The van der Waals surface area contributed by atoms with Crippen LogP contribution in [0.2, 0.25) is 0 Å². The van der Waals surface area contributed by atoms with Gasteiger partial charge in [-0.15, -0.1) is 4.67 Å². The van der Waals surface area contributed by atoms with E-state index in [9.17, 15) is 4.57 Å². The van der Waals surface area contributed by atoms with Crippen LogP contribution in [0, 0.1) is 0 Å². The molecule has 0 amide bonds. The molecule has 0 bridgehead atoms. The van der Waals surface area contributed by atoms with E-state index in [-0.39, 0.29) is 0 Å². The average Bonchev–Trinajstić information content (AvgIpc) is 2.03. The molecule has 0 aliphatic rings. The fraction of sp³-hybridized carbons (Fsp3) is 0. The topological polar surface area (TPSA) is 55.8 Å². The second-order valence-corrected chi connectivity index (χ2v) is 2.44. The third kappa shape index (κ3) is 3.18. The first-order valence-corrected chi connectivity index (χ1v) is 4.18. The lowest BCUT2D eigenvalue weighted by molar-refractivity contribution is -0.101. The Hall–Kier alpha value is -0.830. The van der Waals surface area contributed by atoms with Crippen LogP contribution < -0.4 is 4.89 Å². The van der Waals surface area contributed by atoms with Gasteiger partial charge in [0.25, 0.3) is 0 Å². The highest BCUT2D eigenvalue weighted by molar-refractivity contribution is 7.31. The molecular weight excluding hydrogens is 167 g/mol. The molecule has 0 fully saturated rings. The first kappa shape index (κ1) is 8.27. The molecule has 1 aromatic carbocycles. The van der Waals surface area contributed by atoms with Crippen molar-refractivity contribution < 1.29 is 19.0 Å². The van der Waals surface area contributed by atoms with Gasteiger partial charge in [-0.2, -0.15) is 0 Å². The van der Waals surface area contributed by atoms with Crippen LogP contribution >= 0.6 is 8.25 Å². The van der Waals surface area contributed by atoms with E-state index in [1.807, 2.05) is 0 Å². The van der Waals surface area contributed by atoms with Crippen molar-refractivity contribution in [3.05, 3.63) is 30.3 Å². The van der Waals surface area contributed by atoms with Gasteiger partial charge >= 0.3 is 8.25 Å². The van der Waals surface area contributed by atoms with Crippen LogP contribution in [-0.2, 0) is 9.24 Å². The van der Waals surface area contributed by atoms with Crippen molar-refractivity contribution in [1.29, 1.82) is 0 Å². The molecule has 1 unspecified atom stereocenters. The van der Waals surface area contributed by atoms with Crippen LogP contribution in [0.5, 0.6) is 5.75 Å². The van der Waals surface area contributed by atoms with Gasteiger partial charge in [0.15, 0.2) is 5.75 Å². The molecule has 11 heavy (non-hydrogen) atoms. The molecule has 0 aromatic heterocycles. The van der Waals surface area contributed by atoms with Gasteiger partial charge in [-0.1, -0.05) is 18.2 Å². The summed E-state index contributed by atoms with van der Waals surface area (Å²) in [5.74, 6) is 0.403. The molecule has 1 rings (SSSR count). The number of para-hydroxylation sites is 1. The lowest BCUT2D eigenvalue weighted by atomic mass is 10.3. The predicted molar refractivity (Wildman–Crippen MR) is 39.4 cm³/mol. The van der Waals surface area contributed by atoms with Crippen molar-refractivity contribution in [1.82, 2.24) is 0 Å². The molecule has 1 N–H and O–H groups in total. The van der Waals surface area contributed by atoms with Crippen LogP contribution in [-0.4, -0.2) is 4.89 Å². The zero-order chi connectivity index (χ0) is 8.10. The van der Waals surface area contributed by atoms with E-state index in [4.69, 9.17) is 4.89 Å². The first-order valence-electron chi connectivity index (χ1n) is 2.91. The Labute approximate surface area is 64.3 Å². The van der Waals surface area contributed by atoms with Gasteiger partial charge in [0, 0.05) is 0 Å². The van der Waals surface area contributed by atoms with E-state index in [2.05, 4.69) is 9.56 Å². The normalized spacial score (nSPS) is 12.5. The summed E-state index contributed by atoms with van der Waals surface area (Å²) >= 11 is 0. The molecule has 4 nitrogen and oxygen atoms in total. The maximum absolute atomic E-state index is 10.0. The van der Waals surface area contributed by atoms with Crippen molar-refractivity contribution in [2.75, 3.05) is 0 Å². The van der Waals surface area contributed by atoms with E-state index in [1.54, 1.807) is 30.3 Å². The van der Waals surface area contributed by atoms with Crippen molar-refractivity contribution in [2.24, 2.45) is 0 Å². The molecule has 0 radical (unpaired) electrons. The van der Waals surface area contributed by atoms with E-state index in [0.29, 0.717) is 5.75 Å². The van der Waals surface area contributed by atoms with Crippen LogP contribution in [0.3, 0.4) is 0 Å². The Morgan fingerprint density at radius 1 is 1.27 bits per heavy atom. The van der Waals surface area contributed by atoms with E-state index in [0.717, 1.165) is 0 Å². The minimum Gasteiger partial charge on any atom is -0.329 e. The molecule has 0 saturated carbocycles. The molecule has 60 valence electrons. The minimum absolute atomic E-state index is 0.403. The van der Waals surface area contributed by atoms with Crippen LogP contribution in [0.15, 0.2) is 30.3 Å². The van der Waals surface area contributed by atoms with Gasteiger partial charge in [0.2, 0.25) is 0 Å². The predicted octanol–water partition coefficient (Wildman–Crippen LogP) is 1.38. The van der Waals surface area contributed by atoms with Crippen molar-refractivity contribution in [3.8, 4) is 5.75 Å². The third-order valence-corrected chi connectivity index (χ3v) is 1.18. The van der Waals surface area contributed by atoms with E-state index >= 15 is 0 Å². The minimum atomic E-state index is -3.00. The quantitative estimate of drug-likeness (QED) is 0.427. The highest BCUT2D eigenvalue weighted by Gasteiger charge is 1.94. The molecule has 0 heterocycles. The van der Waals surface area contributed by atoms with Crippen LogP contribution in [0.25, 0.3) is 0 Å². The summed E-state index contributed by atoms with van der Waals surface area (Å²) in [6, 6.07) is 8.49. The summed E-state index contributed by atoms with van der Waals surface area (Å²) in [7, 11) is -3.00. The monoisotopic (exact) mass is 174 g/mol. The van der Waals surface area contributed by atoms with Gasteiger partial charge in [-0.25, -0.2) is 0 Å². The van der Waals surface area contributed by atoms with Gasteiger partial charge < -0.3 is 9.78 Å². The summed E-state index contributed by atoms with van der Waals surface area (Å²) < 4.78 is 14.0. The fourth-order valence-electron chi connectivity index (χ4n) is 0.560. The summed E-state index contributed by atoms with van der Waals surface area (Å²) in [6.07, 6.45) is 0. The van der Waals surface area contributed by atoms with Crippen molar-refractivity contribution in [3.63, 3.8) is 0 Å². The van der Waals surface area contributed by atoms with Gasteiger partial charge in [0.05, 0.1) is 0 Å². The highest BCUT2D eigenvalue weighted by Crippen LogP contribution is 2.18. The smallest absolute Gasteiger partial charge is 0.329 e. The summed E-state index contributed by atoms with van der Waals surface area (Å²) in [5.41, 5.74) is 0. The van der Waals surface area contributed by atoms with Crippen LogP contribution in [0.4, 0.5) is 0 Å². The maximum atomic E-state index is 10.0. The maximum Gasteiger partial charge on any atom is 0.355 e. The summed E-state index contributed by atoms with van der Waals surface area (Å²) in [5, 5.41) is 0. The largest absolute Gasteiger partial charge is 0.355 e. The molecule has 1 aromatic rings. The zero-order valence-corrected chi connectivity index (χ0v) is 6.56. The molecule has 0 spiro atoms. The van der Waals surface area contributed by atoms with E-state index in [1.165, 1.54) is 0 Å². The number of hydrogen-bond acceptors (Lipinski definition) is 3. The molecule has 0 saturated heterocycles. The molecule has 0 aliphatic heterocycles. The summed E-state index contributed by atoms with van der Waals surface area (Å²) in [4.78, 5) is 12.7. The third-order valence-electron chi connectivity index (χ3n) is 0.952. The van der Waals surface area contributed by atoms with Gasteiger partial charge in [0.1, 0.15) is 0 Å². The molecular formula is C6H7O4P. The second kappa shape index (κ2) is 4.13. The van der Waals surface area contributed by atoms with Crippen molar-refractivity contribution >= 4 is 8.25 Å².